The number of hydrogen-bond donors (Lipinski definition) is 1. The van der Waals surface area contributed by atoms with Crippen LogP contribution in [0.5, 0.6) is 11.5 Å². The van der Waals surface area contributed by atoms with Crippen molar-refractivity contribution in [2.45, 2.75) is 26.3 Å². The van der Waals surface area contributed by atoms with Gasteiger partial charge in [0.05, 0.1) is 24.8 Å². The van der Waals surface area contributed by atoms with E-state index in [1.54, 1.807) is 12.1 Å². The van der Waals surface area contributed by atoms with Crippen LogP contribution in [0.2, 0.25) is 0 Å². The molecule has 2 aromatic rings. The lowest BCUT2D eigenvalue weighted by Gasteiger charge is -2.24. The number of carbonyl (C=O) groups is 2. The Balaban J connectivity index is 1.60. The second-order valence-electron chi connectivity index (χ2n) is 8.06. The maximum Gasteiger partial charge on any atom is 0.338 e. The molecule has 1 amide bonds. The summed E-state index contributed by atoms with van der Waals surface area (Å²) in [6, 6.07) is 12.5. The van der Waals surface area contributed by atoms with E-state index in [-0.39, 0.29) is 24.5 Å². The van der Waals surface area contributed by atoms with E-state index in [4.69, 9.17) is 14.2 Å². The Labute approximate surface area is 183 Å². The first kappa shape index (κ1) is 22.5. The van der Waals surface area contributed by atoms with E-state index < -0.39 is 5.97 Å². The Morgan fingerprint density at radius 1 is 1.03 bits per heavy atom. The third-order valence-corrected chi connectivity index (χ3v) is 5.07. The first-order valence-corrected chi connectivity index (χ1v) is 10.5. The van der Waals surface area contributed by atoms with Gasteiger partial charge in [0.15, 0.2) is 18.1 Å². The van der Waals surface area contributed by atoms with Gasteiger partial charge in [0.1, 0.15) is 0 Å². The number of amides is 1. The first-order valence-electron chi connectivity index (χ1n) is 10.5. The van der Waals surface area contributed by atoms with Gasteiger partial charge >= 0.3 is 5.97 Å². The Morgan fingerprint density at radius 2 is 1.71 bits per heavy atom. The van der Waals surface area contributed by atoms with Crippen LogP contribution in [-0.4, -0.2) is 45.8 Å². The summed E-state index contributed by atoms with van der Waals surface area (Å²) < 4.78 is 16.6. The SMILES string of the molecule is CC(C)[C@H](NC(=O)COC(=O)c1ccc(N(C)C)cc1)c1ccc2c(c1)OCCCO2. The van der Waals surface area contributed by atoms with E-state index >= 15 is 0 Å². The molecule has 0 spiro atoms. The zero-order valence-corrected chi connectivity index (χ0v) is 18.5. The molecule has 0 aliphatic carbocycles. The van der Waals surface area contributed by atoms with Crippen molar-refractivity contribution in [1.82, 2.24) is 5.32 Å². The molecule has 7 heteroatoms. The maximum atomic E-state index is 12.5. The molecular weight excluding hydrogens is 396 g/mol. The highest BCUT2D eigenvalue weighted by Crippen LogP contribution is 2.34. The van der Waals surface area contributed by atoms with E-state index in [0.717, 1.165) is 17.7 Å². The van der Waals surface area contributed by atoms with Gasteiger partial charge in [-0.2, -0.15) is 0 Å². The van der Waals surface area contributed by atoms with Crippen LogP contribution in [0, 0.1) is 5.92 Å². The van der Waals surface area contributed by atoms with Crippen LogP contribution in [0.3, 0.4) is 0 Å². The lowest BCUT2D eigenvalue weighted by Crippen LogP contribution is -2.35. The summed E-state index contributed by atoms with van der Waals surface area (Å²) in [5.41, 5.74) is 2.30. The van der Waals surface area contributed by atoms with Crippen molar-refractivity contribution in [3.05, 3.63) is 53.6 Å². The molecule has 1 aliphatic heterocycles. The maximum absolute atomic E-state index is 12.5. The van der Waals surface area contributed by atoms with E-state index in [0.29, 0.717) is 30.3 Å². The molecule has 0 fully saturated rings. The second kappa shape index (κ2) is 10.2. The molecule has 1 aliphatic rings. The van der Waals surface area contributed by atoms with Crippen LogP contribution in [0.4, 0.5) is 5.69 Å². The number of hydrogen-bond acceptors (Lipinski definition) is 6. The fourth-order valence-corrected chi connectivity index (χ4v) is 3.33. The Hall–Kier alpha value is -3.22. The van der Waals surface area contributed by atoms with Crippen molar-refractivity contribution in [3.8, 4) is 11.5 Å². The zero-order chi connectivity index (χ0) is 22.4. The van der Waals surface area contributed by atoms with Crippen molar-refractivity contribution in [1.29, 1.82) is 0 Å². The van der Waals surface area contributed by atoms with Gasteiger partial charge in [0.25, 0.3) is 5.91 Å². The highest BCUT2D eigenvalue weighted by Gasteiger charge is 2.22. The fraction of sp³-hybridized carbons (Fsp3) is 0.417. The molecule has 1 atom stereocenters. The molecule has 0 unspecified atom stereocenters. The standard InChI is InChI=1S/C24H30N2O5/c1-16(2)23(18-8-11-20-21(14-18)30-13-5-12-29-20)25-22(27)15-31-24(28)17-6-9-19(10-7-17)26(3)4/h6-11,14,16,23H,5,12-13,15H2,1-4H3,(H,25,27)/t23-/m0/s1. The highest BCUT2D eigenvalue weighted by molar-refractivity contribution is 5.91. The normalized spacial score (nSPS) is 13.8. The number of rotatable bonds is 7. The topological polar surface area (TPSA) is 77.1 Å². The molecule has 0 bridgehead atoms. The third kappa shape index (κ3) is 5.90. The zero-order valence-electron chi connectivity index (χ0n) is 18.5. The lowest BCUT2D eigenvalue weighted by atomic mass is 9.95. The minimum absolute atomic E-state index is 0.128. The lowest BCUT2D eigenvalue weighted by molar-refractivity contribution is -0.125. The van der Waals surface area contributed by atoms with Crippen molar-refractivity contribution in [2.75, 3.05) is 38.8 Å². The van der Waals surface area contributed by atoms with Crippen LogP contribution in [0.1, 0.15) is 42.2 Å². The minimum atomic E-state index is -0.530. The van der Waals surface area contributed by atoms with E-state index in [2.05, 4.69) is 5.32 Å². The number of nitrogens with zero attached hydrogens (tertiary/aromatic N) is 1. The van der Waals surface area contributed by atoms with Crippen LogP contribution in [0.25, 0.3) is 0 Å². The molecule has 31 heavy (non-hydrogen) atoms. The van der Waals surface area contributed by atoms with E-state index in [9.17, 15) is 9.59 Å². The summed E-state index contributed by atoms with van der Waals surface area (Å²) in [4.78, 5) is 26.7. The number of esters is 1. The molecule has 1 heterocycles. The van der Waals surface area contributed by atoms with Gasteiger partial charge in [-0.15, -0.1) is 0 Å². The number of carbonyl (C=O) groups excluding carboxylic acids is 2. The molecule has 1 N–H and O–H groups in total. The Morgan fingerprint density at radius 3 is 2.35 bits per heavy atom. The van der Waals surface area contributed by atoms with Gasteiger partial charge in [0, 0.05) is 26.2 Å². The van der Waals surface area contributed by atoms with Gasteiger partial charge in [-0.05, 0) is 47.9 Å². The summed E-state index contributed by atoms with van der Waals surface area (Å²) in [6.45, 7) is 4.92. The van der Waals surface area contributed by atoms with Gasteiger partial charge < -0.3 is 24.4 Å². The quantitative estimate of drug-likeness (QED) is 0.682. The molecule has 0 radical (unpaired) electrons. The van der Waals surface area contributed by atoms with E-state index in [1.165, 1.54) is 0 Å². The Kier molecular flexibility index (Phi) is 7.39. The van der Waals surface area contributed by atoms with E-state index in [1.807, 2.05) is 63.2 Å². The summed E-state index contributed by atoms with van der Waals surface area (Å²) in [6.07, 6.45) is 0.831. The van der Waals surface area contributed by atoms with Crippen LogP contribution < -0.4 is 19.7 Å². The number of nitrogens with one attached hydrogen (secondary N) is 1. The molecule has 0 aromatic heterocycles. The van der Waals surface area contributed by atoms with Gasteiger partial charge in [-0.3, -0.25) is 4.79 Å². The number of benzene rings is 2. The molecule has 7 nitrogen and oxygen atoms in total. The molecule has 2 aromatic carbocycles. The molecule has 3 rings (SSSR count). The summed E-state index contributed by atoms with van der Waals surface area (Å²) in [5, 5.41) is 2.97. The monoisotopic (exact) mass is 426 g/mol. The molecule has 0 saturated heterocycles. The molecular formula is C24H30N2O5. The van der Waals surface area contributed by atoms with Crippen LogP contribution in [0.15, 0.2) is 42.5 Å². The Bertz CT molecular complexity index is 909. The predicted molar refractivity (Wildman–Crippen MR) is 119 cm³/mol. The average Bonchev–Trinajstić information content (AvgIpc) is 3.00. The van der Waals surface area contributed by atoms with Crippen molar-refractivity contribution in [3.63, 3.8) is 0 Å². The van der Waals surface area contributed by atoms with Crippen LogP contribution in [-0.2, 0) is 9.53 Å². The minimum Gasteiger partial charge on any atom is -0.490 e. The fourth-order valence-electron chi connectivity index (χ4n) is 3.33. The summed E-state index contributed by atoms with van der Waals surface area (Å²) in [7, 11) is 3.85. The summed E-state index contributed by atoms with van der Waals surface area (Å²) in [5.74, 6) is 0.635. The predicted octanol–water partition coefficient (Wildman–Crippen LogP) is 3.58. The smallest absolute Gasteiger partial charge is 0.338 e. The number of ether oxygens (including phenoxy) is 3. The first-order chi connectivity index (χ1) is 14.8. The highest BCUT2D eigenvalue weighted by atomic mass is 16.5. The number of anilines is 1. The van der Waals surface area contributed by atoms with Crippen molar-refractivity contribution >= 4 is 17.6 Å². The molecule has 0 saturated carbocycles. The van der Waals surface area contributed by atoms with Gasteiger partial charge in [0.2, 0.25) is 0 Å². The molecule has 166 valence electrons. The number of fused-ring (bicyclic) bond motifs is 1. The van der Waals surface area contributed by atoms with Crippen molar-refractivity contribution in [2.24, 2.45) is 5.92 Å². The van der Waals surface area contributed by atoms with Gasteiger partial charge in [-0.1, -0.05) is 19.9 Å². The second-order valence-corrected chi connectivity index (χ2v) is 8.06. The van der Waals surface area contributed by atoms with Crippen LogP contribution >= 0.6 is 0 Å². The van der Waals surface area contributed by atoms with Gasteiger partial charge in [-0.25, -0.2) is 4.79 Å². The summed E-state index contributed by atoms with van der Waals surface area (Å²) >= 11 is 0. The third-order valence-electron chi connectivity index (χ3n) is 5.07. The van der Waals surface area contributed by atoms with Crippen molar-refractivity contribution < 1.29 is 23.8 Å². The largest absolute Gasteiger partial charge is 0.490 e. The average molecular weight is 427 g/mol.